The fourth-order valence-corrected chi connectivity index (χ4v) is 2.03. The number of urea groups is 1. The topological polar surface area (TPSA) is 104 Å². The lowest BCUT2D eigenvalue weighted by Gasteiger charge is -2.26. The molecule has 0 radical (unpaired) electrons. The normalized spacial score (nSPS) is 16.1. The molecule has 1 aliphatic rings. The van der Waals surface area contributed by atoms with Gasteiger partial charge < -0.3 is 5.73 Å². The molecule has 3 amide bonds. The van der Waals surface area contributed by atoms with Crippen LogP contribution in [0.15, 0.2) is 18.3 Å². The first-order valence-corrected chi connectivity index (χ1v) is 5.49. The highest BCUT2D eigenvalue weighted by atomic mass is 16.2. The molecule has 0 spiro atoms. The molecule has 1 saturated heterocycles. The number of aromatic nitrogens is 2. The van der Waals surface area contributed by atoms with Gasteiger partial charge in [-0.15, -0.1) is 0 Å². The highest BCUT2D eigenvalue weighted by Crippen LogP contribution is 2.27. The van der Waals surface area contributed by atoms with Crippen LogP contribution in [0.25, 0.3) is 10.9 Å². The predicted octanol–water partition coefficient (Wildman–Crippen LogP) is 0.591. The van der Waals surface area contributed by atoms with Crippen molar-refractivity contribution in [2.75, 3.05) is 17.2 Å². The first kappa shape index (κ1) is 10.6. The third-order valence-electron chi connectivity index (χ3n) is 2.93. The summed E-state index contributed by atoms with van der Waals surface area (Å²) < 4.78 is 0. The summed E-state index contributed by atoms with van der Waals surface area (Å²) in [5, 5.41) is 9.79. The van der Waals surface area contributed by atoms with E-state index in [4.69, 9.17) is 5.73 Å². The predicted molar refractivity (Wildman–Crippen MR) is 66.0 cm³/mol. The number of nitrogens with two attached hydrogens (primary N) is 1. The van der Waals surface area contributed by atoms with Crippen LogP contribution in [0.2, 0.25) is 0 Å². The van der Waals surface area contributed by atoms with Crippen molar-refractivity contribution < 1.29 is 9.59 Å². The number of nitrogen functional groups attached to an aromatic ring is 1. The highest BCUT2D eigenvalue weighted by molar-refractivity contribution is 6.07. The van der Waals surface area contributed by atoms with Crippen molar-refractivity contribution in [2.45, 2.75) is 6.42 Å². The van der Waals surface area contributed by atoms with Crippen molar-refractivity contribution in [2.24, 2.45) is 0 Å². The molecule has 0 aliphatic carbocycles. The quantitative estimate of drug-likeness (QED) is 0.639. The maximum Gasteiger partial charge on any atom is 0.328 e. The number of carbonyl (C=O) groups excluding carboxylic acids is 2. The van der Waals surface area contributed by atoms with Crippen LogP contribution in [-0.4, -0.2) is 28.7 Å². The van der Waals surface area contributed by atoms with Gasteiger partial charge in [-0.3, -0.25) is 20.1 Å². The molecule has 92 valence electrons. The number of anilines is 2. The summed E-state index contributed by atoms with van der Waals surface area (Å²) in [7, 11) is 0. The lowest BCUT2D eigenvalue weighted by atomic mass is 10.1. The molecule has 18 heavy (non-hydrogen) atoms. The standard InChI is InChI=1S/C11H11N5O2/c12-8-4-7(3-6-5-13-15-10(6)8)16-2-1-9(17)14-11(16)18/h3-5H,1-2,12H2,(H,13,15)(H,14,17,18). The summed E-state index contributed by atoms with van der Waals surface area (Å²) in [4.78, 5) is 24.3. The van der Waals surface area contributed by atoms with Gasteiger partial charge in [0.2, 0.25) is 5.91 Å². The van der Waals surface area contributed by atoms with Crippen LogP contribution in [0.4, 0.5) is 16.2 Å². The van der Waals surface area contributed by atoms with E-state index in [1.54, 1.807) is 12.3 Å². The van der Waals surface area contributed by atoms with Gasteiger partial charge in [-0.2, -0.15) is 5.10 Å². The minimum absolute atomic E-state index is 0.256. The van der Waals surface area contributed by atoms with Crippen LogP contribution >= 0.6 is 0 Å². The molecule has 1 fully saturated rings. The van der Waals surface area contributed by atoms with Crippen LogP contribution < -0.4 is 16.0 Å². The first-order chi connectivity index (χ1) is 8.65. The lowest BCUT2D eigenvalue weighted by molar-refractivity contribution is -0.120. The minimum atomic E-state index is -0.423. The number of hydrogen-bond donors (Lipinski definition) is 3. The molecule has 7 heteroatoms. The average Bonchev–Trinajstić information content (AvgIpc) is 2.77. The van der Waals surface area contributed by atoms with Gasteiger partial charge in [-0.1, -0.05) is 0 Å². The SMILES string of the molecule is Nc1cc(N2CCC(=O)NC2=O)cc2cn[nH]c12. The van der Waals surface area contributed by atoms with Gasteiger partial charge in [0.05, 0.1) is 17.4 Å². The Bertz CT molecular complexity index is 648. The third kappa shape index (κ3) is 1.56. The van der Waals surface area contributed by atoms with Crippen LogP contribution in [0, 0.1) is 0 Å². The van der Waals surface area contributed by atoms with Crippen molar-refractivity contribution in [3.8, 4) is 0 Å². The third-order valence-corrected chi connectivity index (χ3v) is 2.93. The lowest BCUT2D eigenvalue weighted by Crippen LogP contribution is -2.49. The average molecular weight is 245 g/mol. The van der Waals surface area contributed by atoms with E-state index in [2.05, 4.69) is 15.5 Å². The van der Waals surface area contributed by atoms with E-state index in [1.165, 1.54) is 4.90 Å². The van der Waals surface area contributed by atoms with Crippen molar-refractivity contribution in [3.05, 3.63) is 18.3 Å². The number of H-pyrrole nitrogens is 1. The van der Waals surface area contributed by atoms with Crippen molar-refractivity contribution in [1.82, 2.24) is 15.5 Å². The molecule has 1 aliphatic heterocycles. The fraction of sp³-hybridized carbons (Fsp3) is 0.182. The van der Waals surface area contributed by atoms with E-state index in [0.29, 0.717) is 17.9 Å². The Labute approximate surface area is 102 Å². The van der Waals surface area contributed by atoms with E-state index in [1.807, 2.05) is 6.07 Å². The molecule has 0 atom stereocenters. The van der Waals surface area contributed by atoms with Crippen LogP contribution in [0.3, 0.4) is 0 Å². The second kappa shape index (κ2) is 3.73. The molecule has 7 nitrogen and oxygen atoms in total. The Morgan fingerprint density at radius 2 is 2.17 bits per heavy atom. The van der Waals surface area contributed by atoms with E-state index >= 15 is 0 Å². The number of carbonyl (C=O) groups is 2. The number of hydrogen-bond acceptors (Lipinski definition) is 4. The summed E-state index contributed by atoms with van der Waals surface area (Å²) >= 11 is 0. The maximum absolute atomic E-state index is 11.7. The molecule has 0 unspecified atom stereocenters. The smallest absolute Gasteiger partial charge is 0.328 e. The molecule has 0 saturated carbocycles. The summed E-state index contributed by atoms with van der Waals surface area (Å²) in [6.45, 7) is 0.355. The number of aromatic amines is 1. The van der Waals surface area contributed by atoms with Crippen molar-refractivity contribution >= 4 is 34.2 Å². The molecular weight excluding hydrogens is 234 g/mol. The number of amides is 3. The van der Waals surface area contributed by atoms with Crippen LogP contribution in [-0.2, 0) is 4.79 Å². The van der Waals surface area contributed by atoms with E-state index in [-0.39, 0.29) is 12.3 Å². The van der Waals surface area contributed by atoms with Crippen molar-refractivity contribution in [3.63, 3.8) is 0 Å². The van der Waals surface area contributed by atoms with Crippen LogP contribution in [0.5, 0.6) is 0 Å². The summed E-state index contributed by atoms with van der Waals surface area (Å²) in [5.41, 5.74) is 7.80. The van der Waals surface area contributed by atoms with E-state index in [0.717, 1.165) is 10.9 Å². The second-order valence-corrected chi connectivity index (χ2v) is 4.12. The van der Waals surface area contributed by atoms with Gasteiger partial charge in [-0.05, 0) is 12.1 Å². The highest BCUT2D eigenvalue weighted by Gasteiger charge is 2.24. The Morgan fingerprint density at radius 3 is 2.94 bits per heavy atom. The Morgan fingerprint density at radius 1 is 1.33 bits per heavy atom. The number of nitrogens with zero attached hydrogens (tertiary/aromatic N) is 2. The van der Waals surface area contributed by atoms with Gasteiger partial charge in [0.15, 0.2) is 0 Å². The molecule has 3 rings (SSSR count). The van der Waals surface area contributed by atoms with Crippen molar-refractivity contribution in [1.29, 1.82) is 0 Å². The van der Waals surface area contributed by atoms with Gasteiger partial charge in [0.25, 0.3) is 0 Å². The molecular formula is C11H11N5O2. The minimum Gasteiger partial charge on any atom is -0.397 e. The van der Waals surface area contributed by atoms with E-state index < -0.39 is 6.03 Å². The van der Waals surface area contributed by atoms with Crippen LogP contribution in [0.1, 0.15) is 6.42 Å². The van der Waals surface area contributed by atoms with E-state index in [9.17, 15) is 9.59 Å². The van der Waals surface area contributed by atoms with Gasteiger partial charge in [0, 0.05) is 24.0 Å². The summed E-state index contributed by atoms with van der Waals surface area (Å²) in [6.07, 6.45) is 1.93. The number of fused-ring (bicyclic) bond motifs is 1. The zero-order valence-electron chi connectivity index (χ0n) is 9.43. The Hall–Kier alpha value is -2.57. The molecule has 0 bridgehead atoms. The molecule has 1 aromatic carbocycles. The summed E-state index contributed by atoms with van der Waals surface area (Å²) in [6, 6.07) is 3.08. The van der Waals surface area contributed by atoms with Gasteiger partial charge >= 0.3 is 6.03 Å². The zero-order valence-corrected chi connectivity index (χ0v) is 9.43. The summed E-state index contributed by atoms with van der Waals surface area (Å²) in [5.74, 6) is -0.256. The zero-order chi connectivity index (χ0) is 12.7. The molecule has 2 heterocycles. The number of benzene rings is 1. The first-order valence-electron chi connectivity index (χ1n) is 5.49. The van der Waals surface area contributed by atoms with Gasteiger partial charge in [-0.25, -0.2) is 4.79 Å². The monoisotopic (exact) mass is 245 g/mol. The Balaban J connectivity index is 2.03. The maximum atomic E-state index is 11.7. The second-order valence-electron chi connectivity index (χ2n) is 4.12. The Kier molecular flexibility index (Phi) is 2.19. The number of rotatable bonds is 1. The van der Waals surface area contributed by atoms with Gasteiger partial charge in [0.1, 0.15) is 0 Å². The fourth-order valence-electron chi connectivity index (χ4n) is 2.03. The molecule has 2 aromatic rings. The number of imide groups is 1. The number of nitrogens with one attached hydrogen (secondary N) is 2. The molecule has 1 aromatic heterocycles. The molecule has 4 N–H and O–H groups in total. The largest absolute Gasteiger partial charge is 0.397 e.